The number of hydrogen-bond donors (Lipinski definition) is 0. The maximum Gasteiger partial charge on any atom is 0.232 e. The van der Waals surface area contributed by atoms with Crippen LogP contribution >= 0.6 is 0 Å². The number of carbonyl (C=O) groups is 1. The number of carbonyl (C=O) groups excluding carboxylic acids is 1. The molecule has 2 aromatic carbocycles. The minimum Gasteiger partial charge on any atom is -0.493 e. The molecule has 32 heavy (non-hydrogen) atoms. The van der Waals surface area contributed by atoms with Gasteiger partial charge in [-0.15, -0.1) is 0 Å². The summed E-state index contributed by atoms with van der Waals surface area (Å²) >= 11 is 0. The summed E-state index contributed by atoms with van der Waals surface area (Å²) in [5.74, 6) is 2.78. The molecule has 0 bridgehead atoms. The molecular formula is C25H27NO6. The lowest BCUT2D eigenvalue weighted by atomic mass is 9.98. The number of fused-ring (bicyclic) bond motifs is 3. The average Bonchev–Trinajstić information content (AvgIpc) is 3.42. The van der Waals surface area contributed by atoms with Crippen molar-refractivity contribution in [1.82, 2.24) is 4.90 Å². The molecule has 3 aliphatic rings. The molecule has 3 heterocycles. The molecule has 7 heteroatoms. The number of ether oxygens (including phenoxy) is 5. The van der Waals surface area contributed by atoms with Gasteiger partial charge in [-0.2, -0.15) is 0 Å². The van der Waals surface area contributed by atoms with Crippen molar-refractivity contribution in [2.24, 2.45) is 0 Å². The summed E-state index contributed by atoms with van der Waals surface area (Å²) in [5, 5.41) is 0. The number of aryl methyl sites for hydroxylation is 1. The number of ketones is 1. The molecule has 0 aliphatic carbocycles. The monoisotopic (exact) mass is 437 g/mol. The maximum atomic E-state index is 13.2. The smallest absolute Gasteiger partial charge is 0.232 e. The standard InChI is InChI=1S/C25H27NO6/c1-15-9-20-18(13-26(14-31-20)12-17-5-4-8-30-17)25-23(15)24(27)22(32-25)11-16-6-7-19(28-2)21(10-16)29-3/h6-7,9-11,17H,4-5,8,12-14H2,1-3H3/b22-11-/t17-/m0/s1. The highest BCUT2D eigenvalue weighted by atomic mass is 16.5. The number of methoxy groups -OCH3 is 2. The van der Waals surface area contributed by atoms with Gasteiger partial charge in [0.1, 0.15) is 18.2 Å². The highest BCUT2D eigenvalue weighted by Gasteiger charge is 2.36. The van der Waals surface area contributed by atoms with Gasteiger partial charge in [-0.1, -0.05) is 6.07 Å². The van der Waals surface area contributed by atoms with Crippen LogP contribution in [-0.4, -0.2) is 50.9 Å². The second-order valence-electron chi connectivity index (χ2n) is 8.35. The van der Waals surface area contributed by atoms with E-state index in [9.17, 15) is 4.79 Å². The van der Waals surface area contributed by atoms with Crippen LogP contribution in [0.3, 0.4) is 0 Å². The molecular weight excluding hydrogens is 410 g/mol. The Morgan fingerprint density at radius 1 is 1.19 bits per heavy atom. The summed E-state index contributed by atoms with van der Waals surface area (Å²) in [7, 11) is 3.17. The summed E-state index contributed by atoms with van der Waals surface area (Å²) in [6.07, 6.45) is 4.15. The number of nitrogens with zero attached hydrogens (tertiary/aromatic N) is 1. The molecule has 2 aromatic rings. The van der Waals surface area contributed by atoms with Crippen LogP contribution in [0.1, 0.15) is 39.9 Å². The number of Topliss-reactive ketones (excluding diaryl/α,β-unsaturated/α-hetero) is 1. The number of benzene rings is 2. The molecule has 0 radical (unpaired) electrons. The van der Waals surface area contributed by atoms with Crippen molar-refractivity contribution in [3.05, 3.63) is 52.3 Å². The largest absolute Gasteiger partial charge is 0.493 e. The predicted octanol–water partition coefficient (Wildman–Crippen LogP) is 3.96. The Bertz CT molecular complexity index is 1090. The van der Waals surface area contributed by atoms with E-state index in [0.29, 0.717) is 41.8 Å². The van der Waals surface area contributed by atoms with Crippen molar-refractivity contribution in [3.63, 3.8) is 0 Å². The first-order valence-corrected chi connectivity index (χ1v) is 10.9. The van der Waals surface area contributed by atoms with Crippen LogP contribution < -0.4 is 18.9 Å². The van der Waals surface area contributed by atoms with Crippen molar-refractivity contribution < 1.29 is 28.5 Å². The van der Waals surface area contributed by atoms with Gasteiger partial charge in [0.15, 0.2) is 17.3 Å². The first-order chi connectivity index (χ1) is 15.6. The van der Waals surface area contributed by atoms with Crippen molar-refractivity contribution in [2.45, 2.75) is 32.4 Å². The van der Waals surface area contributed by atoms with Gasteiger partial charge in [0.05, 0.1) is 31.5 Å². The fraction of sp³-hybridized carbons (Fsp3) is 0.400. The highest BCUT2D eigenvalue weighted by molar-refractivity contribution is 6.15. The second kappa shape index (κ2) is 8.48. The van der Waals surface area contributed by atoms with Crippen molar-refractivity contribution in [3.8, 4) is 23.0 Å². The van der Waals surface area contributed by atoms with Gasteiger partial charge < -0.3 is 23.7 Å². The van der Waals surface area contributed by atoms with E-state index in [4.69, 9.17) is 23.7 Å². The van der Waals surface area contributed by atoms with Crippen LogP contribution in [0, 0.1) is 6.92 Å². The van der Waals surface area contributed by atoms with E-state index < -0.39 is 0 Å². The van der Waals surface area contributed by atoms with Crippen molar-refractivity contribution >= 4 is 11.9 Å². The van der Waals surface area contributed by atoms with Gasteiger partial charge in [-0.25, -0.2) is 0 Å². The van der Waals surface area contributed by atoms with Gasteiger partial charge in [-0.3, -0.25) is 9.69 Å². The van der Waals surface area contributed by atoms with Crippen LogP contribution in [0.25, 0.3) is 6.08 Å². The van der Waals surface area contributed by atoms with Gasteiger partial charge in [0, 0.05) is 19.7 Å². The molecule has 1 atom stereocenters. The van der Waals surface area contributed by atoms with Crippen LogP contribution in [0.15, 0.2) is 30.0 Å². The first-order valence-electron chi connectivity index (χ1n) is 10.9. The van der Waals surface area contributed by atoms with E-state index >= 15 is 0 Å². The maximum absolute atomic E-state index is 13.2. The fourth-order valence-corrected chi connectivity index (χ4v) is 4.56. The Labute approximate surface area is 187 Å². The SMILES string of the molecule is COc1ccc(/C=C2\Oc3c4c(cc(C)c3C2=O)OCN(C[C@@H]2CCCO2)C4)cc1OC. The molecule has 0 aromatic heterocycles. The Balaban J connectivity index is 1.44. The molecule has 7 nitrogen and oxygen atoms in total. The van der Waals surface area contributed by atoms with E-state index in [-0.39, 0.29) is 11.9 Å². The lowest BCUT2D eigenvalue weighted by Crippen LogP contribution is -2.37. The molecule has 0 N–H and O–H groups in total. The third-order valence-corrected chi connectivity index (χ3v) is 6.18. The van der Waals surface area contributed by atoms with Gasteiger partial charge in [0.25, 0.3) is 0 Å². The molecule has 0 spiro atoms. The third kappa shape index (κ3) is 3.72. The predicted molar refractivity (Wildman–Crippen MR) is 119 cm³/mol. The summed E-state index contributed by atoms with van der Waals surface area (Å²) in [6, 6.07) is 7.43. The van der Waals surface area contributed by atoms with Crippen molar-refractivity contribution in [2.75, 3.05) is 34.1 Å². The molecule has 1 saturated heterocycles. The zero-order valence-electron chi connectivity index (χ0n) is 18.6. The van der Waals surface area contributed by atoms with Crippen molar-refractivity contribution in [1.29, 1.82) is 0 Å². The summed E-state index contributed by atoms with van der Waals surface area (Å²) in [4.78, 5) is 15.4. The Morgan fingerprint density at radius 2 is 2.03 bits per heavy atom. The van der Waals surface area contributed by atoms with Gasteiger partial charge >= 0.3 is 0 Å². The highest BCUT2D eigenvalue weighted by Crippen LogP contribution is 2.44. The van der Waals surface area contributed by atoms with Crippen LogP contribution in [0.5, 0.6) is 23.0 Å². The first kappa shape index (κ1) is 20.8. The zero-order chi connectivity index (χ0) is 22.2. The quantitative estimate of drug-likeness (QED) is 0.656. The van der Waals surface area contributed by atoms with Gasteiger partial charge in [-0.05, 0) is 55.2 Å². The third-order valence-electron chi connectivity index (χ3n) is 6.18. The van der Waals surface area contributed by atoms with E-state index in [1.165, 1.54) is 0 Å². The Kier molecular flexibility index (Phi) is 5.53. The summed E-state index contributed by atoms with van der Waals surface area (Å²) in [6.45, 7) is 4.72. The molecule has 3 aliphatic heterocycles. The Morgan fingerprint density at radius 3 is 2.78 bits per heavy atom. The molecule has 0 saturated carbocycles. The van der Waals surface area contributed by atoms with Crippen LogP contribution in [-0.2, 0) is 11.3 Å². The zero-order valence-corrected chi connectivity index (χ0v) is 18.6. The molecule has 0 amide bonds. The van der Waals surface area contributed by atoms with Crippen LogP contribution in [0.4, 0.5) is 0 Å². The summed E-state index contributed by atoms with van der Waals surface area (Å²) < 4.78 is 28.6. The number of allylic oxidation sites excluding steroid dienone is 1. The molecule has 0 unspecified atom stereocenters. The van der Waals surface area contributed by atoms with Crippen LogP contribution in [0.2, 0.25) is 0 Å². The van der Waals surface area contributed by atoms with E-state index in [0.717, 1.165) is 48.4 Å². The lowest BCUT2D eigenvalue weighted by Gasteiger charge is -2.31. The fourth-order valence-electron chi connectivity index (χ4n) is 4.56. The van der Waals surface area contributed by atoms with E-state index in [2.05, 4.69) is 4.90 Å². The normalized spacial score (nSPS) is 21.2. The average molecular weight is 437 g/mol. The van der Waals surface area contributed by atoms with Gasteiger partial charge in [0.2, 0.25) is 5.78 Å². The molecule has 5 rings (SSSR count). The lowest BCUT2D eigenvalue weighted by molar-refractivity contribution is 0.0273. The topological polar surface area (TPSA) is 66.5 Å². The van der Waals surface area contributed by atoms with E-state index in [1.807, 2.05) is 31.2 Å². The second-order valence-corrected chi connectivity index (χ2v) is 8.35. The number of hydrogen-bond acceptors (Lipinski definition) is 7. The minimum absolute atomic E-state index is 0.119. The van der Waals surface area contributed by atoms with E-state index in [1.54, 1.807) is 20.3 Å². The minimum atomic E-state index is -0.119. The molecule has 168 valence electrons. The summed E-state index contributed by atoms with van der Waals surface area (Å²) in [5.41, 5.74) is 3.17. The Hall–Kier alpha value is -3.03. The number of rotatable bonds is 5. The molecule has 1 fully saturated rings.